The summed E-state index contributed by atoms with van der Waals surface area (Å²) in [5.74, 6) is 1.43. The van der Waals surface area contributed by atoms with Gasteiger partial charge in [0.15, 0.2) is 0 Å². The number of nitrogens with two attached hydrogens (primary N) is 1. The van der Waals surface area contributed by atoms with E-state index in [1.165, 1.54) is 25.7 Å². The number of nitrogens with one attached hydrogen (secondary N) is 1. The summed E-state index contributed by atoms with van der Waals surface area (Å²) in [6, 6.07) is 0.0337. The molecule has 4 heteroatoms. The second kappa shape index (κ2) is 4.42. The van der Waals surface area contributed by atoms with E-state index >= 15 is 0 Å². The molecule has 2 atom stereocenters. The first-order valence-corrected chi connectivity index (χ1v) is 6.68. The quantitative estimate of drug-likeness (QED) is 0.825. The lowest BCUT2D eigenvalue weighted by Crippen LogP contribution is -2.40. The molecule has 2 aliphatic rings. The molecule has 1 aliphatic heterocycles. The molecule has 2 unspecified atom stereocenters. The Morgan fingerprint density at radius 3 is 3.00 bits per heavy atom. The van der Waals surface area contributed by atoms with Gasteiger partial charge in [0, 0.05) is 19.0 Å². The largest absolute Gasteiger partial charge is 0.375 e. The fourth-order valence-electron chi connectivity index (χ4n) is 3.42. The van der Waals surface area contributed by atoms with Crippen LogP contribution < -0.4 is 5.73 Å². The van der Waals surface area contributed by atoms with Crippen molar-refractivity contribution in [3.63, 3.8) is 0 Å². The summed E-state index contributed by atoms with van der Waals surface area (Å²) in [7, 11) is 0. The summed E-state index contributed by atoms with van der Waals surface area (Å²) in [6.45, 7) is 0.860. The van der Waals surface area contributed by atoms with E-state index in [2.05, 4.69) is 9.97 Å². The average Bonchev–Trinajstić information content (AvgIpc) is 3.00. The molecule has 17 heavy (non-hydrogen) atoms. The molecule has 3 N–H and O–H groups in total. The van der Waals surface area contributed by atoms with Gasteiger partial charge in [-0.15, -0.1) is 0 Å². The molecule has 1 aromatic rings. The van der Waals surface area contributed by atoms with Gasteiger partial charge in [-0.05, 0) is 31.6 Å². The van der Waals surface area contributed by atoms with Crippen LogP contribution in [0.4, 0.5) is 0 Å². The molecular weight excluding hydrogens is 214 g/mol. The van der Waals surface area contributed by atoms with Crippen LogP contribution in [0.5, 0.6) is 0 Å². The molecule has 2 heterocycles. The zero-order valence-electron chi connectivity index (χ0n) is 10.2. The van der Waals surface area contributed by atoms with Crippen molar-refractivity contribution in [1.29, 1.82) is 0 Å². The van der Waals surface area contributed by atoms with Gasteiger partial charge < -0.3 is 15.5 Å². The highest BCUT2D eigenvalue weighted by atomic mass is 16.5. The van der Waals surface area contributed by atoms with Gasteiger partial charge in [0.1, 0.15) is 5.82 Å². The third kappa shape index (κ3) is 2.11. The lowest BCUT2D eigenvalue weighted by molar-refractivity contribution is -0.0967. The summed E-state index contributed by atoms with van der Waals surface area (Å²) in [5, 5.41) is 0. The fraction of sp³-hybridized carbons (Fsp3) is 0.769. The second-order valence-electron chi connectivity index (χ2n) is 5.49. The Morgan fingerprint density at radius 1 is 1.47 bits per heavy atom. The van der Waals surface area contributed by atoms with E-state index in [4.69, 9.17) is 10.5 Å². The van der Waals surface area contributed by atoms with Gasteiger partial charge in [0.2, 0.25) is 0 Å². The number of imidazole rings is 1. The summed E-state index contributed by atoms with van der Waals surface area (Å²) >= 11 is 0. The fourth-order valence-corrected chi connectivity index (χ4v) is 3.42. The Balaban J connectivity index is 1.71. The van der Waals surface area contributed by atoms with Crippen molar-refractivity contribution in [2.45, 2.75) is 50.2 Å². The van der Waals surface area contributed by atoms with Crippen molar-refractivity contribution < 1.29 is 4.74 Å². The zero-order valence-corrected chi connectivity index (χ0v) is 10.2. The minimum absolute atomic E-state index is 0.0337. The molecule has 1 spiro atoms. The molecule has 1 saturated carbocycles. The van der Waals surface area contributed by atoms with Crippen LogP contribution in [0.15, 0.2) is 12.4 Å². The van der Waals surface area contributed by atoms with Crippen molar-refractivity contribution in [2.24, 2.45) is 11.7 Å². The molecule has 1 aliphatic carbocycles. The summed E-state index contributed by atoms with van der Waals surface area (Å²) < 4.78 is 6.04. The maximum absolute atomic E-state index is 6.32. The maximum atomic E-state index is 6.32. The number of nitrogens with zero attached hydrogens (tertiary/aromatic N) is 1. The molecule has 3 rings (SSSR count). The van der Waals surface area contributed by atoms with E-state index in [9.17, 15) is 0 Å². The number of aromatic amines is 1. The highest BCUT2D eigenvalue weighted by Crippen LogP contribution is 2.44. The van der Waals surface area contributed by atoms with E-state index in [0.717, 1.165) is 25.3 Å². The van der Waals surface area contributed by atoms with Gasteiger partial charge in [-0.2, -0.15) is 0 Å². The van der Waals surface area contributed by atoms with Crippen LogP contribution in [0, 0.1) is 5.92 Å². The standard InChI is InChI=1S/C13H21N3O/c14-11(12-15-6-7-16-12)10-3-8-17-13(9-10)4-1-2-5-13/h6-7,10-11H,1-5,8-9,14H2,(H,15,16). The van der Waals surface area contributed by atoms with E-state index in [-0.39, 0.29) is 11.6 Å². The highest BCUT2D eigenvalue weighted by molar-refractivity contribution is 5.01. The second-order valence-corrected chi connectivity index (χ2v) is 5.49. The number of hydrogen-bond acceptors (Lipinski definition) is 3. The molecule has 0 bridgehead atoms. The van der Waals surface area contributed by atoms with Crippen molar-refractivity contribution in [2.75, 3.05) is 6.61 Å². The molecule has 0 radical (unpaired) electrons. The minimum atomic E-state index is 0.0337. The molecule has 2 fully saturated rings. The van der Waals surface area contributed by atoms with E-state index in [1.54, 1.807) is 6.20 Å². The molecule has 0 aromatic carbocycles. The van der Waals surface area contributed by atoms with Crippen LogP contribution in [0.2, 0.25) is 0 Å². The molecule has 4 nitrogen and oxygen atoms in total. The zero-order chi connectivity index (χ0) is 11.7. The van der Waals surface area contributed by atoms with Gasteiger partial charge in [-0.3, -0.25) is 0 Å². The lowest BCUT2D eigenvalue weighted by atomic mass is 9.80. The van der Waals surface area contributed by atoms with Crippen molar-refractivity contribution in [3.8, 4) is 0 Å². The first-order chi connectivity index (χ1) is 8.29. The van der Waals surface area contributed by atoms with Crippen LogP contribution in [-0.2, 0) is 4.74 Å². The van der Waals surface area contributed by atoms with Crippen LogP contribution in [-0.4, -0.2) is 22.2 Å². The predicted octanol–water partition coefficient (Wildman–Crippen LogP) is 2.15. The number of rotatable bonds is 2. The van der Waals surface area contributed by atoms with Crippen molar-refractivity contribution >= 4 is 0 Å². The first-order valence-electron chi connectivity index (χ1n) is 6.68. The summed E-state index contributed by atoms with van der Waals surface area (Å²) in [4.78, 5) is 7.42. The minimum Gasteiger partial charge on any atom is -0.375 e. The maximum Gasteiger partial charge on any atom is 0.123 e. The van der Waals surface area contributed by atoms with Crippen LogP contribution in [0.1, 0.15) is 50.4 Å². The Kier molecular flexibility index (Phi) is 2.92. The molecule has 94 valence electrons. The van der Waals surface area contributed by atoms with Crippen LogP contribution in [0.25, 0.3) is 0 Å². The normalized spacial score (nSPS) is 29.6. The van der Waals surface area contributed by atoms with Crippen LogP contribution in [0.3, 0.4) is 0 Å². The third-order valence-electron chi connectivity index (χ3n) is 4.39. The molecule has 0 amide bonds. The number of H-pyrrole nitrogens is 1. The molecule has 1 saturated heterocycles. The van der Waals surface area contributed by atoms with E-state index in [1.807, 2.05) is 6.20 Å². The molecular formula is C13H21N3O. The lowest BCUT2D eigenvalue weighted by Gasteiger charge is -2.40. The van der Waals surface area contributed by atoms with Gasteiger partial charge in [-0.1, -0.05) is 12.8 Å². The third-order valence-corrected chi connectivity index (χ3v) is 4.39. The number of ether oxygens (including phenoxy) is 1. The topological polar surface area (TPSA) is 63.9 Å². The number of aromatic nitrogens is 2. The SMILES string of the molecule is NC(c1ncc[nH]1)C1CCOC2(CCCC2)C1. The Labute approximate surface area is 102 Å². The average molecular weight is 235 g/mol. The van der Waals surface area contributed by atoms with Crippen molar-refractivity contribution in [1.82, 2.24) is 9.97 Å². The smallest absolute Gasteiger partial charge is 0.123 e. The Morgan fingerprint density at radius 2 is 2.29 bits per heavy atom. The predicted molar refractivity (Wildman–Crippen MR) is 65.4 cm³/mol. The van der Waals surface area contributed by atoms with E-state index < -0.39 is 0 Å². The Hall–Kier alpha value is -0.870. The first kappa shape index (κ1) is 11.2. The summed E-state index contributed by atoms with van der Waals surface area (Å²) in [6.07, 6.45) is 10.8. The van der Waals surface area contributed by atoms with Gasteiger partial charge in [0.05, 0.1) is 11.6 Å². The van der Waals surface area contributed by atoms with Crippen LogP contribution >= 0.6 is 0 Å². The van der Waals surface area contributed by atoms with Gasteiger partial charge in [0.25, 0.3) is 0 Å². The van der Waals surface area contributed by atoms with Crippen molar-refractivity contribution in [3.05, 3.63) is 18.2 Å². The summed E-state index contributed by atoms with van der Waals surface area (Å²) in [5.41, 5.74) is 6.46. The monoisotopic (exact) mass is 235 g/mol. The van der Waals surface area contributed by atoms with Gasteiger partial charge >= 0.3 is 0 Å². The number of hydrogen-bond donors (Lipinski definition) is 2. The van der Waals surface area contributed by atoms with Gasteiger partial charge in [-0.25, -0.2) is 4.98 Å². The van der Waals surface area contributed by atoms with E-state index in [0.29, 0.717) is 5.92 Å². The molecule has 1 aromatic heterocycles. The highest BCUT2D eigenvalue weighted by Gasteiger charge is 2.41. The Bertz CT molecular complexity index is 357.